The predicted octanol–water partition coefficient (Wildman–Crippen LogP) is 0.0736. The van der Waals surface area contributed by atoms with E-state index in [1.54, 1.807) is 0 Å². The summed E-state index contributed by atoms with van der Waals surface area (Å²) < 4.78 is 27.3. The van der Waals surface area contributed by atoms with Gasteiger partial charge < -0.3 is 4.74 Å². The highest BCUT2D eigenvalue weighted by molar-refractivity contribution is 7.89. The zero-order chi connectivity index (χ0) is 13.0. The van der Waals surface area contributed by atoms with Crippen LogP contribution >= 0.6 is 0 Å². The van der Waals surface area contributed by atoms with E-state index in [1.807, 2.05) is 30.3 Å². The Hall–Kier alpha value is -1.93. The van der Waals surface area contributed by atoms with Crippen LogP contribution in [-0.4, -0.2) is 30.2 Å². The third kappa shape index (κ3) is 3.28. The van der Waals surface area contributed by atoms with Crippen LogP contribution in [0.1, 0.15) is 5.82 Å². The van der Waals surface area contributed by atoms with Gasteiger partial charge in [-0.05, 0) is 12.1 Å². The Morgan fingerprint density at radius 1 is 1.28 bits per heavy atom. The van der Waals surface area contributed by atoms with Crippen molar-refractivity contribution in [3.05, 3.63) is 36.2 Å². The summed E-state index contributed by atoms with van der Waals surface area (Å²) in [7, 11) is -3.85. The Morgan fingerprint density at radius 2 is 2.00 bits per heavy atom. The van der Waals surface area contributed by atoms with Crippen molar-refractivity contribution in [2.24, 2.45) is 5.14 Å². The first kappa shape index (κ1) is 12.5. The maximum absolute atomic E-state index is 10.9. The van der Waals surface area contributed by atoms with Crippen LogP contribution < -0.4 is 9.88 Å². The Labute approximate surface area is 104 Å². The van der Waals surface area contributed by atoms with Crippen LogP contribution in [0.4, 0.5) is 0 Å². The van der Waals surface area contributed by atoms with Crippen molar-refractivity contribution >= 4 is 10.0 Å². The van der Waals surface area contributed by atoms with Gasteiger partial charge in [-0.1, -0.05) is 18.2 Å². The molecular weight excluding hydrogens is 256 g/mol. The minimum absolute atomic E-state index is 0.364. The molecule has 96 valence electrons. The number of para-hydroxylation sites is 1. The maximum Gasteiger partial charge on any atom is 0.282 e. The van der Waals surface area contributed by atoms with Crippen molar-refractivity contribution < 1.29 is 13.2 Å². The number of nitrogens with zero attached hydrogens (tertiary/aromatic N) is 2. The summed E-state index contributed by atoms with van der Waals surface area (Å²) in [6, 6.07) is 9.28. The molecule has 7 nitrogen and oxygen atoms in total. The molecule has 2 rings (SSSR count). The third-order valence-corrected chi connectivity index (χ3v) is 2.81. The molecule has 0 bridgehead atoms. The number of benzene rings is 1. The standard InChI is InChI=1S/C10H12N4O3S/c11-18(15,16)10-12-9(13-14-10)6-7-17-8-4-2-1-3-5-8/h1-5H,6-7H2,(H2,11,15,16)(H,12,13,14). The van der Waals surface area contributed by atoms with Crippen molar-refractivity contribution in [3.63, 3.8) is 0 Å². The number of nitrogens with one attached hydrogen (secondary N) is 1. The highest BCUT2D eigenvalue weighted by Gasteiger charge is 2.14. The third-order valence-electron chi connectivity index (χ3n) is 2.12. The van der Waals surface area contributed by atoms with Crippen molar-refractivity contribution in [2.45, 2.75) is 11.6 Å². The largest absolute Gasteiger partial charge is 0.493 e. The van der Waals surface area contributed by atoms with Crippen molar-refractivity contribution in [2.75, 3.05) is 6.61 Å². The molecule has 18 heavy (non-hydrogen) atoms. The number of hydrogen-bond donors (Lipinski definition) is 2. The smallest absolute Gasteiger partial charge is 0.282 e. The first-order valence-corrected chi connectivity index (χ1v) is 6.72. The summed E-state index contributed by atoms with van der Waals surface area (Å²) >= 11 is 0. The molecule has 0 amide bonds. The van der Waals surface area contributed by atoms with E-state index in [9.17, 15) is 8.42 Å². The highest BCUT2D eigenvalue weighted by atomic mass is 32.2. The number of ether oxygens (including phenoxy) is 1. The SMILES string of the molecule is NS(=O)(=O)c1n[nH]c(CCOc2ccccc2)n1. The van der Waals surface area contributed by atoms with Gasteiger partial charge in [-0.2, -0.15) is 0 Å². The molecule has 0 fully saturated rings. The van der Waals surface area contributed by atoms with Crippen molar-refractivity contribution in [3.8, 4) is 5.75 Å². The fourth-order valence-corrected chi connectivity index (χ4v) is 1.71. The van der Waals surface area contributed by atoms with E-state index in [0.717, 1.165) is 5.75 Å². The number of aromatic amines is 1. The van der Waals surface area contributed by atoms with E-state index in [2.05, 4.69) is 15.2 Å². The molecule has 0 saturated carbocycles. The molecule has 0 unspecified atom stereocenters. The average Bonchev–Trinajstić information content (AvgIpc) is 2.79. The van der Waals surface area contributed by atoms with E-state index < -0.39 is 15.2 Å². The van der Waals surface area contributed by atoms with E-state index >= 15 is 0 Å². The molecule has 0 aliphatic heterocycles. The fraction of sp³-hybridized carbons (Fsp3) is 0.200. The number of aromatic nitrogens is 3. The molecule has 0 aliphatic carbocycles. The second-order valence-corrected chi connectivity index (χ2v) is 4.98. The van der Waals surface area contributed by atoms with E-state index in [1.165, 1.54) is 0 Å². The summed E-state index contributed by atoms with van der Waals surface area (Å²) in [6.45, 7) is 0.364. The van der Waals surface area contributed by atoms with Crippen LogP contribution in [0.3, 0.4) is 0 Å². The molecule has 2 aromatic rings. The van der Waals surface area contributed by atoms with Gasteiger partial charge >= 0.3 is 0 Å². The molecule has 1 aromatic carbocycles. The molecule has 8 heteroatoms. The topological polar surface area (TPSA) is 111 Å². The number of sulfonamides is 1. The zero-order valence-corrected chi connectivity index (χ0v) is 10.2. The quantitative estimate of drug-likeness (QED) is 0.797. The van der Waals surface area contributed by atoms with Crippen LogP contribution in [-0.2, 0) is 16.4 Å². The molecule has 0 saturated heterocycles. The normalized spacial score (nSPS) is 11.4. The molecule has 0 atom stereocenters. The maximum atomic E-state index is 10.9. The lowest BCUT2D eigenvalue weighted by atomic mass is 10.3. The lowest BCUT2D eigenvalue weighted by Gasteiger charge is -2.03. The first-order chi connectivity index (χ1) is 8.55. The van der Waals surface area contributed by atoms with Gasteiger partial charge in [0.05, 0.1) is 6.61 Å². The highest BCUT2D eigenvalue weighted by Crippen LogP contribution is 2.08. The van der Waals surface area contributed by atoms with Crippen LogP contribution in [0.5, 0.6) is 5.75 Å². The zero-order valence-electron chi connectivity index (χ0n) is 9.41. The lowest BCUT2D eigenvalue weighted by Crippen LogP contribution is -2.14. The van der Waals surface area contributed by atoms with Gasteiger partial charge in [0.1, 0.15) is 11.6 Å². The molecule has 0 aliphatic rings. The second-order valence-electron chi connectivity index (χ2n) is 3.52. The lowest BCUT2D eigenvalue weighted by molar-refractivity contribution is 0.319. The number of hydrogen-bond acceptors (Lipinski definition) is 5. The average molecular weight is 268 g/mol. The van der Waals surface area contributed by atoms with Gasteiger partial charge in [-0.15, -0.1) is 5.10 Å². The first-order valence-electron chi connectivity index (χ1n) is 5.17. The summed E-state index contributed by atoms with van der Waals surface area (Å²) in [5, 5.41) is 10.5. The van der Waals surface area contributed by atoms with Crippen LogP contribution in [0.15, 0.2) is 35.5 Å². The summed E-state index contributed by atoms with van der Waals surface area (Å²) in [5.41, 5.74) is 0. The number of rotatable bonds is 5. The number of nitrogens with two attached hydrogens (primary N) is 1. The Balaban J connectivity index is 1.90. The fourth-order valence-electron chi connectivity index (χ4n) is 1.30. The summed E-state index contributed by atoms with van der Waals surface area (Å²) in [6.07, 6.45) is 0.414. The molecular formula is C10H12N4O3S. The molecule has 1 heterocycles. The predicted molar refractivity (Wildman–Crippen MR) is 63.4 cm³/mol. The van der Waals surface area contributed by atoms with Crippen LogP contribution in [0.25, 0.3) is 0 Å². The Kier molecular flexibility index (Phi) is 3.58. The van der Waals surface area contributed by atoms with Crippen LogP contribution in [0.2, 0.25) is 0 Å². The van der Waals surface area contributed by atoms with Crippen LogP contribution in [0, 0.1) is 0 Å². The second kappa shape index (κ2) is 5.15. The van der Waals surface area contributed by atoms with Crippen molar-refractivity contribution in [1.29, 1.82) is 0 Å². The number of primary sulfonamides is 1. The minimum Gasteiger partial charge on any atom is -0.493 e. The van der Waals surface area contributed by atoms with E-state index in [-0.39, 0.29) is 0 Å². The Bertz CT molecular complexity index is 609. The minimum atomic E-state index is -3.85. The van der Waals surface area contributed by atoms with E-state index in [4.69, 9.17) is 9.88 Å². The van der Waals surface area contributed by atoms with Gasteiger partial charge in [0.2, 0.25) is 0 Å². The summed E-state index contributed by atoms with van der Waals surface area (Å²) in [5.74, 6) is 1.15. The van der Waals surface area contributed by atoms with Crippen molar-refractivity contribution in [1.82, 2.24) is 15.2 Å². The van der Waals surface area contributed by atoms with Gasteiger partial charge in [-0.3, -0.25) is 5.10 Å². The molecule has 0 radical (unpaired) electrons. The van der Waals surface area contributed by atoms with Gasteiger partial charge in [-0.25, -0.2) is 18.5 Å². The Morgan fingerprint density at radius 3 is 2.61 bits per heavy atom. The number of H-pyrrole nitrogens is 1. The van der Waals surface area contributed by atoms with Gasteiger partial charge in [0.25, 0.3) is 15.2 Å². The summed E-state index contributed by atoms with van der Waals surface area (Å²) in [4.78, 5) is 3.75. The molecule has 0 spiro atoms. The van der Waals surface area contributed by atoms with Gasteiger partial charge in [0, 0.05) is 6.42 Å². The molecule has 3 N–H and O–H groups in total. The van der Waals surface area contributed by atoms with Gasteiger partial charge in [0.15, 0.2) is 0 Å². The monoisotopic (exact) mass is 268 g/mol. The van der Waals surface area contributed by atoms with E-state index in [0.29, 0.717) is 18.9 Å². The molecule has 1 aromatic heterocycles.